The second-order valence-corrected chi connectivity index (χ2v) is 6.27. The Bertz CT molecular complexity index is 838. The van der Waals surface area contributed by atoms with Crippen LogP contribution in [0.5, 0.6) is 11.5 Å². The fourth-order valence-corrected chi connectivity index (χ4v) is 2.82. The SMILES string of the molecule is CCC1Oc2ccc([N+](=O)[O-])nc2N(CCCOc2ccc(C)cc2)C1=O. The molecule has 0 bridgehead atoms. The molecule has 8 heteroatoms. The van der Waals surface area contributed by atoms with Gasteiger partial charge in [0.2, 0.25) is 0 Å². The van der Waals surface area contributed by atoms with E-state index in [4.69, 9.17) is 9.47 Å². The van der Waals surface area contributed by atoms with Gasteiger partial charge in [-0.3, -0.25) is 9.69 Å². The van der Waals surface area contributed by atoms with Gasteiger partial charge in [0.15, 0.2) is 11.9 Å². The summed E-state index contributed by atoms with van der Waals surface area (Å²) in [4.78, 5) is 28.5. The van der Waals surface area contributed by atoms with E-state index in [1.807, 2.05) is 38.1 Å². The number of fused-ring (bicyclic) bond motifs is 1. The second-order valence-electron chi connectivity index (χ2n) is 6.27. The number of aryl methyl sites for hydroxylation is 1. The van der Waals surface area contributed by atoms with Gasteiger partial charge in [-0.2, -0.15) is 0 Å². The van der Waals surface area contributed by atoms with E-state index in [-0.39, 0.29) is 17.5 Å². The number of nitro groups is 1. The molecule has 1 atom stereocenters. The summed E-state index contributed by atoms with van der Waals surface area (Å²) in [6.45, 7) is 4.60. The van der Waals surface area contributed by atoms with Gasteiger partial charge in [-0.1, -0.05) is 24.6 Å². The number of benzene rings is 1. The number of carbonyl (C=O) groups is 1. The maximum Gasteiger partial charge on any atom is 0.366 e. The molecule has 1 unspecified atom stereocenters. The lowest BCUT2D eigenvalue weighted by Crippen LogP contribution is -2.46. The van der Waals surface area contributed by atoms with Crippen LogP contribution in [0.15, 0.2) is 36.4 Å². The summed E-state index contributed by atoms with van der Waals surface area (Å²) in [6, 6.07) is 10.5. The zero-order chi connectivity index (χ0) is 19.4. The molecule has 3 rings (SSSR count). The number of carbonyl (C=O) groups excluding carboxylic acids is 1. The van der Waals surface area contributed by atoms with E-state index in [0.717, 1.165) is 11.3 Å². The first-order valence-corrected chi connectivity index (χ1v) is 8.82. The monoisotopic (exact) mass is 371 g/mol. The van der Waals surface area contributed by atoms with Crippen molar-refractivity contribution in [1.29, 1.82) is 0 Å². The van der Waals surface area contributed by atoms with Crippen molar-refractivity contribution in [1.82, 2.24) is 4.98 Å². The first kappa shape index (κ1) is 18.6. The lowest BCUT2D eigenvalue weighted by atomic mass is 10.2. The van der Waals surface area contributed by atoms with Crippen LogP contribution in [-0.4, -0.2) is 35.1 Å². The molecule has 1 amide bonds. The second kappa shape index (κ2) is 8.03. The van der Waals surface area contributed by atoms with E-state index in [0.29, 0.717) is 31.7 Å². The van der Waals surface area contributed by atoms with Crippen molar-refractivity contribution < 1.29 is 19.2 Å². The zero-order valence-electron chi connectivity index (χ0n) is 15.3. The maximum absolute atomic E-state index is 12.7. The van der Waals surface area contributed by atoms with Crippen LogP contribution in [0.2, 0.25) is 0 Å². The third kappa shape index (κ3) is 4.16. The number of aromatic nitrogens is 1. The van der Waals surface area contributed by atoms with E-state index in [2.05, 4.69) is 4.98 Å². The van der Waals surface area contributed by atoms with Gasteiger partial charge in [-0.25, -0.2) is 0 Å². The number of nitrogens with zero attached hydrogens (tertiary/aromatic N) is 3. The molecule has 1 aliphatic rings. The largest absolute Gasteiger partial charge is 0.494 e. The molecular weight excluding hydrogens is 350 g/mol. The summed E-state index contributed by atoms with van der Waals surface area (Å²) in [5.41, 5.74) is 1.15. The first-order valence-electron chi connectivity index (χ1n) is 8.82. The highest BCUT2D eigenvalue weighted by Crippen LogP contribution is 2.34. The molecule has 2 aromatic rings. The Kier molecular flexibility index (Phi) is 5.54. The van der Waals surface area contributed by atoms with E-state index in [1.165, 1.54) is 17.0 Å². The molecule has 1 aromatic carbocycles. The zero-order valence-corrected chi connectivity index (χ0v) is 15.3. The number of anilines is 1. The van der Waals surface area contributed by atoms with E-state index in [9.17, 15) is 14.9 Å². The predicted molar refractivity (Wildman–Crippen MR) is 99.2 cm³/mol. The Morgan fingerprint density at radius 1 is 1.26 bits per heavy atom. The van der Waals surface area contributed by atoms with Gasteiger partial charge in [-0.05, 0) is 47.9 Å². The van der Waals surface area contributed by atoms with Crippen LogP contribution in [0.4, 0.5) is 11.6 Å². The van der Waals surface area contributed by atoms with Gasteiger partial charge in [0.1, 0.15) is 5.75 Å². The van der Waals surface area contributed by atoms with Crippen LogP contribution in [0.3, 0.4) is 0 Å². The summed E-state index contributed by atoms with van der Waals surface area (Å²) >= 11 is 0. The summed E-state index contributed by atoms with van der Waals surface area (Å²) in [5, 5.41) is 11.0. The maximum atomic E-state index is 12.7. The van der Waals surface area contributed by atoms with Crippen LogP contribution in [0.1, 0.15) is 25.3 Å². The molecule has 0 radical (unpaired) electrons. The molecule has 142 valence electrons. The highest BCUT2D eigenvalue weighted by atomic mass is 16.6. The molecule has 0 saturated carbocycles. The van der Waals surface area contributed by atoms with Crippen LogP contribution in [-0.2, 0) is 4.79 Å². The molecular formula is C19H21N3O5. The molecule has 0 aliphatic carbocycles. The third-order valence-corrected chi connectivity index (χ3v) is 4.26. The molecule has 1 aromatic heterocycles. The van der Waals surface area contributed by atoms with Crippen molar-refractivity contribution in [3.63, 3.8) is 0 Å². The van der Waals surface area contributed by atoms with Gasteiger partial charge in [0.25, 0.3) is 11.7 Å². The number of hydrogen-bond acceptors (Lipinski definition) is 6. The summed E-state index contributed by atoms with van der Waals surface area (Å²) in [5.74, 6) is 0.768. The van der Waals surface area contributed by atoms with Crippen molar-refractivity contribution in [3.8, 4) is 11.5 Å². The van der Waals surface area contributed by atoms with Crippen LogP contribution < -0.4 is 14.4 Å². The Morgan fingerprint density at radius 3 is 2.67 bits per heavy atom. The minimum Gasteiger partial charge on any atom is -0.494 e. The minimum atomic E-state index is -0.612. The Labute approximate surface area is 156 Å². The van der Waals surface area contributed by atoms with Crippen molar-refractivity contribution in [2.24, 2.45) is 0 Å². The Morgan fingerprint density at radius 2 is 2.00 bits per heavy atom. The predicted octanol–water partition coefficient (Wildman–Crippen LogP) is 3.27. The fourth-order valence-electron chi connectivity index (χ4n) is 2.82. The smallest absolute Gasteiger partial charge is 0.366 e. The van der Waals surface area contributed by atoms with E-state index < -0.39 is 11.0 Å². The fraction of sp³-hybridized carbons (Fsp3) is 0.368. The van der Waals surface area contributed by atoms with Gasteiger partial charge in [0.05, 0.1) is 6.61 Å². The molecule has 1 aliphatic heterocycles. The Hall–Kier alpha value is -3.16. The third-order valence-electron chi connectivity index (χ3n) is 4.26. The van der Waals surface area contributed by atoms with Crippen LogP contribution in [0.25, 0.3) is 0 Å². The quantitative estimate of drug-likeness (QED) is 0.421. The molecule has 0 fully saturated rings. The van der Waals surface area contributed by atoms with Crippen molar-refractivity contribution in [2.45, 2.75) is 32.8 Å². The summed E-state index contributed by atoms with van der Waals surface area (Å²) in [6.07, 6.45) is 0.449. The van der Waals surface area contributed by atoms with Gasteiger partial charge >= 0.3 is 5.82 Å². The van der Waals surface area contributed by atoms with E-state index >= 15 is 0 Å². The van der Waals surface area contributed by atoms with Gasteiger partial charge in [-0.15, -0.1) is 0 Å². The number of rotatable bonds is 7. The lowest BCUT2D eigenvalue weighted by Gasteiger charge is -2.30. The number of ether oxygens (including phenoxy) is 2. The normalized spacial score (nSPS) is 15.9. The van der Waals surface area contributed by atoms with Crippen molar-refractivity contribution in [2.75, 3.05) is 18.1 Å². The number of amides is 1. The average molecular weight is 371 g/mol. The number of hydrogen-bond donors (Lipinski definition) is 0. The standard InChI is InChI=1S/C19H21N3O5/c1-3-15-19(23)21(11-4-12-26-14-7-5-13(2)6-8-14)18-16(27-15)9-10-17(20-18)22(24)25/h5-10,15H,3-4,11-12H2,1-2H3. The minimum absolute atomic E-state index is 0.189. The lowest BCUT2D eigenvalue weighted by molar-refractivity contribution is -0.389. The van der Waals surface area contributed by atoms with Crippen molar-refractivity contribution >= 4 is 17.5 Å². The van der Waals surface area contributed by atoms with E-state index in [1.54, 1.807) is 0 Å². The van der Waals surface area contributed by atoms with Crippen molar-refractivity contribution in [3.05, 3.63) is 52.1 Å². The topological polar surface area (TPSA) is 94.8 Å². The van der Waals surface area contributed by atoms with Gasteiger partial charge in [0, 0.05) is 12.6 Å². The summed E-state index contributed by atoms with van der Waals surface area (Å²) < 4.78 is 11.3. The number of pyridine rings is 1. The molecule has 2 heterocycles. The highest BCUT2D eigenvalue weighted by Gasteiger charge is 2.37. The molecule has 8 nitrogen and oxygen atoms in total. The molecule has 27 heavy (non-hydrogen) atoms. The first-order chi connectivity index (χ1) is 13.0. The molecule has 0 N–H and O–H groups in total. The van der Waals surface area contributed by atoms with Crippen LogP contribution in [0, 0.1) is 17.0 Å². The average Bonchev–Trinajstić information content (AvgIpc) is 2.67. The molecule has 0 spiro atoms. The molecule has 0 saturated heterocycles. The Balaban J connectivity index is 1.70. The highest BCUT2D eigenvalue weighted by molar-refractivity contribution is 5.99. The van der Waals surface area contributed by atoms with Gasteiger partial charge < -0.3 is 19.6 Å². The van der Waals surface area contributed by atoms with Crippen LogP contribution >= 0.6 is 0 Å². The summed E-state index contributed by atoms with van der Waals surface area (Å²) in [7, 11) is 0.